The molecule has 2 fully saturated rings. The number of rotatable bonds is 3. The van der Waals surface area contributed by atoms with E-state index in [2.05, 4.69) is 5.32 Å². The molecule has 6 nitrogen and oxygen atoms in total. The van der Waals surface area contributed by atoms with Crippen molar-refractivity contribution in [1.82, 2.24) is 10.2 Å². The molecule has 7 heteroatoms. The highest BCUT2D eigenvalue weighted by Crippen LogP contribution is 2.22. The monoisotopic (exact) mass is 375 g/mol. The van der Waals surface area contributed by atoms with Crippen molar-refractivity contribution in [1.29, 1.82) is 0 Å². The summed E-state index contributed by atoms with van der Waals surface area (Å²) in [5, 5.41) is 3.17. The molecule has 2 unspecified atom stereocenters. The predicted octanol–water partition coefficient (Wildman–Crippen LogP) is 2.83. The van der Waals surface area contributed by atoms with Crippen LogP contribution in [0.15, 0.2) is 0 Å². The van der Waals surface area contributed by atoms with Crippen LogP contribution in [0.5, 0.6) is 0 Å². The Balaban J connectivity index is 0.00000312. The summed E-state index contributed by atoms with van der Waals surface area (Å²) >= 11 is 0. The number of hydrogen-bond acceptors (Lipinski definition) is 4. The summed E-state index contributed by atoms with van der Waals surface area (Å²) in [5.41, 5.74) is 6.23. The number of nitrogens with two attached hydrogens (primary N) is 1. The third-order valence-corrected chi connectivity index (χ3v) is 5.09. The van der Waals surface area contributed by atoms with Crippen LogP contribution in [0.2, 0.25) is 0 Å². The molecule has 0 aromatic carbocycles. The summed E-state index contributed by atoms with van der Waals surface area (Å²) in [7, 11) is 0. The molecule has 1 heterocycles. The summed E-state index contributed by atoms with van der Waals surface area (Å²) in [6.45, 7) is 4.96. The van der Waals surface area contributed by atoms with E-state index in [1.165, 1.54) is 12.8 Å². The van der Waals surface area contributed by atoms with E-state index in [4.69, 9.17) is 10.5 Å². The van der Waals surface area contributed by atoms with Gasteiger partial charge in [0.1, 0.15) is 0 Å². The molecular weight excluding hydrogens is 342 g/mol. The second kappa shape index (κ2) is 10.9. The van der Waals surface area contributed by atoms with Crippen LogP contribution in [0.25, 0.3) is 0 Å². The Labute approximate surface area is 157 Å². The van der Waals surface area contributed by atoms with Crippen LogP contribution in [-0.4, -0.2) is 48.2 Å². The van der Waals surface area contributed by atoms with Gasteiger partial charge in [-0.05, 0) is 39.5 Å². The molecule has 2 atom stereocenters. The van der Waals surface area contributed by atoms with Crippen molar-refractivity contribution in [3.63, 3.8) is 0 Å². The quantitative estimate of drug-likeness (QED) is 0.794. The molecule has 2 amide bonds. The Morgan fingerprint density at radius 3 is 2.24 bits per heavy atom. The van der Waals surface area contributed by atoms with E-state index in [-0.39, 0.29) is 48.5 Å². The van der Waals surface area contributed by atoms with Gasteiger partial charge in [-0.15, -0.1) is 12.4 Å². The molecule has 1 aliphatic carbocycles. The predicted molar refractivity (Wildman–Crippen MR) is 101 cm³/mol. The van der Waals surface area contributed by atoms with Gasteiger partial charge in [0.05, 0.1) is 12.0 Å². The van der Waals surface area contributed by atoms with E-state index >= 15 is 0 Å². The number of carbonyl (C=O) groups excluding carboxylic acids is 2. The first-order chi connectivity index (χ1) is 11.5. The average molecular weight is 376 g/mol. The smallest absolute Gasteiger partial charge is 0.410 e. The lowest BCUT2D eigenvalue weighted by Crippen LogP contribution is -2.50. The molecule has 1 aliphatic heterocycles. The van der Waals surface area contributed by atoms with Gasteiger partial charge in [-0.1, -0.05) is 25.7 Å². The van der Waals surface area contributed by atoms with Gasteiger partial charge >= 0.3 is 6.09 Å². The third kappa shape index (κ3) is 7.02. The normalized spacial score (nSPS) is 25.5. The first-order valence-corrected chi connectivity index (χ1v) is 9.49. The van der Waals surface area contributed by atoms with Crippen LogP contribution in [0, 0.1) is 5.92 Å². The molecule has 1 saturated heterocycles. The first-order valence-electron chi connectivity index (χ1n) is 9.49. The number of halogens is 1. The molecular formula is C18H34ClN3O3. The Morgan fingerprint density at radius 2 is 1.64 bits per heavy atom. The van der Waals surface area contributed by atoms with Crippen molar-refractivity contribution in [2.45, 2.75) is 83.4 Å². The maximum Gasteiger partial charge on any atom is 0.410 e. The van der Waals surface area contributed by atoms with Crippen molar-refractivity contribution in [2.24, 2.45) is 11.7 Å². The maximum atomic E-state index is 12.6. The minimum Gasteiger partial charge on any atom is -0.447 e. The van der Waals surface area contributed by atoms with Gasteiger partial charge in [0.15, 0.2) is 0 Å². The molecule has 25 heavy (non-hydrogen) atoms. The van der Waals surface area contributed by atoms with E-state index in [9.17, 15) is 9.59 Å². The molecule has 0 spiro atoms. The van der Waals surface area contributed by atoms with Crippen LogP contribution >= 0.6 is 12.4 Å². The van der Waals surface area contributed by atoms with Crippen molar-refractivity contribution in [3.05, 3.63) is 0 Å². The topological polar surface area (TPSA) is 84.7 Å². The Kier molecular flexibility index (Phi) is 9.57. The number of ether oxygens (including phenoxy) is 1. The summed E-state index contributed by atoms with van der Waals surface area (Å²) in [6.07, 6.45) is 7.69. The number of amides is 2. The fourth-order valence-corrected chi connectivity index (χ4v) is 3.63. The minimum absolute atomic E-state index is 0. The van der Waals surface area contributed by atoms with E-state index < -0.39 is 0 Å². The third-order valence-electron chi connectivity index (χ3n) is 5.09. The van der Waals surface area contributed by atoms with E-state index in [1.54, 1.807) is 4.90 Å². The molecule has 0 radical (unpaired) electrons. The highest BCUT2D eigenvalue weighted by atomic mass is 35.5. The largest absolute Gasteiger partial charge is 0.447 e. The number of nitrogens with zero attached hydrogens (tertiary/aromatic N) is 1. The number of nitrogens with one attached hydrogen (secondary N) is 1. The number of piperidine rings is 1. The SMILES string of the molecule is CC(C)OC(=O)N1CCC(NC(=O)C2CCCCCCC2N)CC1.Cl. The Bertz CT molecular complexity index is 426. The zero-order valence-electron chi connectivity index (χ0n) is 15.5. The summed E-state index contributed by atoms with van der Waals surface area (Å²) < 4.78 is 5.22. The number of likely N-dealkylation sites (tertiary alicyclic amines) is 1. The van der Waals surface area contributed by atoms with E-state index in [0.29, 0.717) is 13.1 Å². The Hall–Kier alpha value is -1.01. The molecule has 2 aliphatic rings. The maximum absolute atomic E-state index is 12.6. The highest BCUT2D eigenvalue weighted by Gasteiger charge is 2.30. The van der Waals surface area contributed by atoms with Gasteiger partial charge in [-0.2, -0.15) is 0 Å². The molecule has 2 rings (SSSR count). The number of hydrogen-bond donors (Lipinski definition) is 2. The van der Waals surface area contributed by atoms with Crippen LogP contribution in [-0.2, 0) is 9.53 Å². The van der Waals surface area contributed by atoms with Crippen LogP contribution in [0.3, 0.4) is 0 Å². The Morgan fingerprint density at radius 1 is 1.04 bits per heavy atom. The summed E-state index contributed by atoms with van der Waals surface area (Å²) in [4.78, 5) is 26.2. The van der Waals surface area contributed by atoms with Gasteiger partial charge in [0, 0.05) is 25.2 Å². The molecule has 0 aromatic heterocycles. The fraction of sp³-hybridized carbons (Fsp3) is 0.889. The standard InChI is InChI=1S/C18H33N3O3.ClH/c1-13(2)24-18(23)21-11-9-14(10-12-21)20-17(22)15-7-5-3-4-6-8-16(15)19;/h13-16H,3-12,19H2,1-2H3,(H,20,22);1H. The summed E-state index contributed by atoms with van der Waals surface area (Å²) in [6, 6.07) is 0.115. The highest BCUT2D eigenvalue weighted by molar-refractivity contribution is 5.85. The van der Waals surface area contributed by atoms with Crippen molar-refractivity contribution >= 4 is 24.4 Å². The molecule has 0 bridgehead atoms. The van der Waals surface area contributed by atoms with Crippen molar-refractivity contribution in [2.75, 3.05) is 13.1 Å². The van der Waals surface area contributed by atoms with E-state index in [0.717, 1.165) is 38.5 Å². The molecule has 146 valence electrons. The minimum atomic E-state index is -0.253. The summed E-state index contributed by atoms with van der Waals surface area (Å²) in [5.74, 6) is 0.0434. The second-order valence-electron chi connectivity index (χ2n) is 7.46. The van der Waals surface area contributed by atoms with Gasteiger partial charge in [0.25, 0.3) is 0 Å². The lowest BCUT2D eigenvalue weighted by Gasteiger charge is -2.33. The van der Waals surface area contributed by atoms with Gasteiger partial charge in [0.2, 0.25) is 5.91 Å². The zero-order valence-corrected chi connectivity index (χ0v) is 16.4. The van der Waals surface area contributed by atoms with Crippen molar-refractivity contribution < 1.29 is 14.3 Å². The average Bonchev–Trinajstić information content (AvgIpc) is 2.51. The first kappa shape index (κ1) is 22.0. The van der Waals surface area contributed by atoms with Crippen molar-refractivity contribution in [3.8, 4) is 0 Å². The van der Waals surface area contributed by atoms with Crippen LogP contribution < -0.4 is 11.1 Å². The van der Waals surface area contributed by atoms with Gasteiger partial charge in [-0.25, -0.2) is 4.79 Å². The fourth-order valence-electron chi connectivity index (χ4n) is 3.63. The van der Waals surface area contributed by atoms with E-state index in [1.807, 2.05) is 13.8 Å². The lowest BCUT2D eigenvalue weighted by molar-refractivity contribution is -0.127. The van der Waals surface area contributed by atoms with Gasteiger partial charge in [-0.3, -0.25) is 4.79 Å². The van der Waals surface area contributed by atoms with Crippen LogP contribution in [0.1, 0.15) is 65.2 Å². The van der Waals surface area contributed by atoms with Crippen LogP contribution in [0.4, 0.5) is 4.79 Å². The molecule has 0 aromatic rings. The zero-order chi connectivity index (χ0) is 17.5. The lowest BCUT2D eigenvalue weighted by atomic mass is 9.86. The number of carbonyl (C=O) groups is 2. The molecule has 3 N–H and O–H groups in total. The van der Waals surface area contributed by atoms with Gasteiger partial charge < -0.3 is 20.7 Å². The second-order valence-corrected chi connectivity index (χ2v) is 7.46. The molecule has 1 saturated carbocycles.